The molecule has 0 bridgehead atoms. The van der Waals surface area contributed by atoms with E-state index in [0.717, 1.165) is 17.7 Å². The molecule has 116 valence electrons. The van der Waals surface area contributed by atoms with E-state index in [1.54, 1.807) is 7.11 Å². The van der Waals surface area contributed by atoms with Gasteiger partial charge in [-0.2, -0.15) is 0 Å². The van der Waals surface area contributed by atoms with Gasteiger partial charge in [0.1, 0.15) is 5.75 Å². The molecule has 1 aliphatic heterocycles. The summed E-state index contributed by atoms with van der Waals surface area (Å²) in [6.45, 7) is 3.11. The van der Waals surface area contributed by atoms with Crippen molar-refractivity contribution in [2.24, 2.45) is 5.73 Å². The monoisotopic (exact) mass is 292 g/mol. The molecular formula is C16H24N2O3. The Morgan fingerprint density at radius 3 is 2.71 bits per heavy atom. The summed E-state index contributed by atoms with van der Waals surface area (Å²) in [6.07, 6.45) is 1.89. The van der Waals surface area contributed by atoms with Crippen molar-refractivity contribution in [3.8, 4) is 5.75 Å². The van der Waals surface area contributed by atoms with Crippen LogP contribution in [0.2, 0.25) is 0 Å². The number of hydrogen-bond donors (Lipinski definition) is 2. The molecule has 3 N–H and O–H groups in total. The smallest absolute Gasteiger partial charge is 0.240 e. The highest BCUT2D eigenvalue weighted by atomic mass is 16.5. The summed E-state index contributed by atoms with van der Waals surface area (Å²) in [5.74, 6) is 0.672. The van der Waals surface area contributed by atoms with Crippen molar-refractivity contribution in [2.75, 3.05) is 20.3 Å². The zero-order chi connectivity index (χ0) is 15.3. The van der Waals surface area contributed by atoms with Gasteiger partial charge in [0.15, 0.2) is 0 Å². The maximum atomic E-state index is 12.5. The zero-order valence-corrected chi connectivity index (χ0v) is 12.7. The lowest BCUT2D eigenvalue weighted by Gasteiger charge is -2.33. The van der Waals surface area contributed by atoms with E-state index in [-0.39, 0.29) is 11.9 Å². The highest BCUT2D eigenvalue weighted by Gasteiger charge is 2.37. The maximum Gasteiger partial charge on any atom is 0.240 e. The van der Waals surface area contributed by atoms with E-state index in [0.29, 0.717) is 26.1 Å². The van der Waals surface area contributed by atoms with Crippen LogP contribution in [0.1, 0.15) is 37.8 Å². The van der Waals surface area contributed by atoms with Crippen LogP contribution in [-0.4, -0.2) is 31.8 Å². The molecule has 1 unspecified atom stereocenters. The molecule has 5 heteroatoms. The van der Waals surface area contributed by atoms with Crippen LogP contribution in [0.5, 0.6) is 5.75 Å². The van der Waals surface area contributed by atoms with E-state index in [1.807, 2.05) is 31.2 Å². The van der Waals surface area contributed by atoms with E-state index in [2.05, 4.69) is 5.32 Å². The Morgan fingerprint density at radius 1 is 1.43 bits per heavy atom. The van der Waals surface area contributed by atoms with Crippen LogP contribution in [0.15, 0.2) is 24.3 Å². The molecule has 21 heavy (non-hydrogen) atoms. The maximum absolute atomic E-state index is 12.5. The van der Waals surface area contributed by atoms with Crippen molar-refractivity contribution in [3.63, 3.8) is 0 Å². The minimum Gasteiger partial charge on any atom is -0.496 e. The van der Waals surface area contributed by atoms with E-state index >= 15 is 0 Å². The molecule has 0 spiro atoms. The van der Waals surface area contributed by atoms with Crippen LogP contribution in [-0.2, 0) is 9.53 Å². The normalized spacial score (nSPS) is 18.8. The predicted molar refractivity (Wildman–Crippen MR) is 81.1 cm³/mol. The molecule has 1 aromatic rings. The minimum absolute atomic E-state index is 0.100. The first-order valence-corrected chi connectivity index (χ1v) is 7.41. The molecule has 0 radical (unpaired) electrons. The Bertz CT molecular complexity index is 484. The largest absolute Gasteiger partial charge is 0.496 e. The Morgan fingerprint density at radius 2 is 2.10 bits per heavy atom. The first kappa shape index (κ1) is 15.8. The second-order valence-corrected chi connectivity index (χ2v) is 5.44. The highest BCUT2D eigenvalue weighted by molar-refractivity contribution is 5.86. The molecule has 0 aliphatic carbocycles. The van der Waals surface area contributed by atoms with Gasteiger partial charge in [-0.15, -0.1) is 0 Å². The summed E-state index contributed by atoms with van der Waals surface area (Å²) in [6, 6.07) is 7.63. The van der Waals surface area contributed by atoms with Gasteiger partial charge in [0, 0.05) is 18.8 Å². The van der Waals surface area contributed by atoms with Crippen molar-refractivity contribution < 1.29 is 14.3 Å². The number of ether oxygens (including phenoxy) is 2. The number of carbonyl (C=O) groups is 1. The summed E-state index contributed by atoms with van der Waals surface area (Å²) in [5.41, 5.74) is 6.38. The minimum atomic E-state index is -0.826. The van der Waals surface area contributed by atoms with Gasteiger partial charge in [0.2, 0.25) is 5.91 Å². The van der Waals surface area contributed by atoms with Gasteiger partial charge in [-0.3, -0.25) is 4.79 Å². The summed E-state index contributed by atoms with van der Waals surface area (Å²) >= 11 is 0. The van der Waals surface area contributed by atoms with Crippen molar-refractivity contribution in [3.05, 3.63) is 29.8 Å². The number of nitrogens with one attached hydrogen (secondary N) is 1. The van der Waals surface area contributed by atoms with Crippen LogP contribution in [0.25, 0.3) is 0 Å². The third-order valence-electron chi connectivity index (χ3n) is 4.07. The van der Waals surface area contributed by atoms with Gasteiger partial charge in [0.25, 0.3) is 0 Å². The Hall–Kier alpha value is -1.59. The quantitative estimate of drug-likeness (QED) is 0.867. The van der Waals surface area contributed by atoms with E-state index in [1.165, 1.54) is 0 Å². The molecule has 5 nitrogen and oxygen atoms in total. The lowest BCUT2D eigenvalue weighted by Crippen LogP contribution is -2.57. The first-order chi connectivity index (χ1) is 10.1. The lowest BCUT2D eigenvalue weighted by molar-refractivity contribution is -0.130. The highest BCUT2D eigenvalue weighted by Crippen LogP contribution is 2.28. The molecule has 1 aromatic carbocycles. The second-order valence-electron chi connectivity index (χ2n) is 5.44. The van der Waals surface area contributed by atoms with Crippen molar-refractivity contribution in [1.29, 1.82) is 0 Å². The van der Waals surface area contributed by atoms with Gasteiger partial charge in [-0.25, -0.2) is 0 Å². The average Bonchev–Trinajstić information content (AvgIpc) is 2.53. The number of benzene rings is 1. The molecule has 2 rings (SSSR count). The Kier molecular flexibility index (Phi) is 5.20. The van der Waals surface area contributed by atoms with Gasteiger partial charge in [-0.05, 0) is 25.3 Å². The van der Waals surface area contributed by atoms with Crippen molar-refractivity contribution in [2.45, 2.75) is 37.8 Å². The van der Waals surface area contributed by atoms with Crippen molar-refractivity contribution in [1.82, 2.24) is 5.32 Å². The lowest BCUT2D eigenvalue weighted by atomic mass is 9.89. The Labute approximate surface area is 125 Å². The van der Waals surface area contributed by atoms with Crippen LogP contribution in [0.4, 0.5) is 0 Å². The fourth-order valence-electron chi connectivity index (χ4n) is 2.62. The van der Waals surface area contributed by atoms with E-state index in [4.69, 9.17) is 15.2 Å². The van der Waals surface area contributed by atoms with Crippen LogP contribution >= 0.6 is 0 Å². The Balaban J connectivity index is 2.13. The molecule has 1 heterocycles. The summed E-state index contributed by atoms with van der Waals surface area (Å²) in [7, 11) is 1.64. The number of hydrogen-bond acceptors (Lipinski definition) is 4. The SMILES string of the molecule is CCC(NC(=O)C1(N)CCOCC1)c1ccccc1OC. The van der Waals surface area contributed by atoms with Crippen molar-refractivity contribution >= 4 is 5.91 Å². The third kappa shape index (κ3) is 3.54. The number of rotatable bonds is 5. The molecule has 0 aromatic heterocycles. The zero-order valence-electron chi connectivity index (χ0n) is 12.7. The van der Waals surface area contributed by atoms with Crippen LogP contribution in [0.3, 0.4) is 0 Å². The fourth-order valence-corrected chi connectivity index (χ4v) is 2.62. The molecular weight excluding hydrogens is 268 g/mol. The van der Waals surface area contributed by atoms with Gasteiger partial charge >= 0.3 is 0 Å². The number of methoxy groups -OCH3 is 1. The molecule has 1 amide bonds. The molecule has 1 atom stereocenters. The predicted octanol–water partition coefficient (Wildman–Crippen LogP) is 1.77. The van der Waals surface area contributed by atoms with Crippen LogP contribution in [0, 0.1) is 0 Å². The van der Waals surface area contributed by atoms with Gasteiger partial charge in [0.05, 0.1) is 18.7 Å². The summed E-state index contributed by atoms with van der Waals surface area (Å²) in [5, 5.41) is 3.07. The summed E-state index contributed by atoms with van der Waals surface area (Å²) in [4.78, 5) is 12.5. The third-order valence-corrected chi connectivity index (χ3v) is 4.07. The molecule has 0 saturated carbocycles. The average molecular weight is 292 g/mol. The molecule has 1 saturated heterocycles. The fraction of sp³-hybridized carbons (Fsp3) is 0.562. The van der Waals surface area contributed by atoms with Gasteiger partial charge < -0.3 is 20.5 Å². The first-order valence-electron chi connectivity index (χ1n) is 7.41. The molecule has 1 fully saturated rings. The topological polar surface area (TPSA) is 73.6 Å². The summed E-state index contributed by atoms with van der Waals surface area (Å²) < 4.78 is 10.7. The number of carbonyl (C=O) groups excluding carboxylic acids is 1. The van der Waals surface area contributed by atoms with E-state index in [9.17, 15) is 4.79 Å². The number of para-hydroxylation sites is 1. The number of nitrogens with two attached hydrogens (primary N) is 1. The van der Waals surface area contributed by atoms with E-state index < -0.39 is 5.54 Å². The second kappa shape index (κ2) is 6.91. The number of amides is 1. The van der Waals surface area contributed by atoms with Crippen LogP contribution < -0.4 is 15.8 Å². The standard InChI is InChI=1S/C16H24N2O3/c1-3-13(12-6-4-5-7-14(12)20-2)18-15(19)16(17)8-10-21-11-9-16/h4-7,13H,3,8-11,17H2,1-2H3,(H,18,19). The van der Waals surface area contributed by atoms with Gasteiger partial charge in [-0.1, -0.05) is 25.1 Å². The molecule has 1 aliphatic rings.